The molecular formula is C19H28O3. The first-order valence-electron chi connectivity index (χ1n) is 9.33. The second kappa shape index (κ2) is 3.97. The molecule has 0 heterocycles. The molecule has 0 unspecified atom stereocenters. The van der Waals surface area contributed by atoms with Crippen LogP contribution in [0, 0.1) is 34.0 Å². The zero-order valence-corrected chi connectivity index (χ0v) is 13.6. The van der Waals surface area contributed by atoms with Crippen LogP contribution in [0.3, 0.4) is 0 Å². The van der Waals surface area contributed by atoms with Crippen LogP contribution < -0.4 is 0 Å². The lowest BCUT2D eigenvalue weighted by molar-refractivity contribution is -0.128. The summed E-state index contributed by atoms with van der Waals surface area (Å²) in [5.74, 6) is 2.30. The molecule has 122 valence electrons. The molecule has 2 N–H and O–H groups in total. The Bertz CT molecular complexity index is 545. The molecule has 0 aromatic rings. The van der Waals surface area contributed by atoms with E-state index in [4.69, 9.17) is 0 Å². The lowest BCUT2D eigenvalue weighted by atomic mass is 9.50. The molecule has 22 heavy (non-hydrogen) atoms. The summed E-state index contributed by atoms with van der Waals surface area (Å²) in [6.07, 6.45) is 8.51. The molecule has 5 fully saturated rings. The van der Waals surface area contributed by atoms with Gasteiger partial charge in [-0.1, -0.05) is 6.92 Å². The van der Waals surface area contributed by atoms with Crippen molar-refractivity contribution in [2.75, 3.05) is 0 Å². The third kappa shape index (κ3) is 1.28. The standard InChI is InChI=1S/C19H28O3/c1-17-7-6-14-12(13(17)2-3-15(17)21)5-8-18-10-11(20)4-9-19(14,18)16(18)22/h12-16,21-22H,2-10H2,1H3/t12-,13-,14-,15-,16-,17-,18+,19+/m0/s1. The maximum absolute atomic E-state index is 12.0. The van der Waals surface area contributed by atoms with Crippen molar-refractivity contribution < 1.29 is 15.0 Å². The monoisotopic (exact) mass is 304 g/mol. The van der Waals surface area contributed by atoms with E-state index in [1.807, 2.05) is 0 Å². The molecule has 0 bridgehead atoms. The van der Waals surface area contributed by atoms with Crippen LogP contribution in [0.1, 0.15) is 64.7 Å². The van der Waals surface area contributed by atoms with Crippen LogP contribution in [0.25, 0.3) is 0 Å². The number of aliphatic hydroxyl groups excluding tert-OH is 2. The number of hydrogen-bond acceptors (Lipinski definition) is 3. The van der Waals surface area contributed by atoms with Gasteiger partial charge in [0, 0.05) is 23.7 Å². The summed E-state index contributed by atoms with van der Waals surface area (Å²) in [4.78, 5) is 12.0. The Hall–Kier alpha value is -0.410. The molecule has 5 rings (SSSR count). The van der Waals surface area contributed by atoms with Crippen LogP contribution in [0.4, 0.5) is 0 Å². The van der Waals surface area contributed by atoms with E-state index in [1.54, 1.807) is 0 Å². The summed E-state index contributed by atoms with van der Waals surface area (Å²) >= 11 is 0. The summed E-state index contributed by atoms with van der Waals surface area (Å²) < 4.78 is 0. The van der Waals surface area contributed by atoms with Gasteiger partial charge in [0.1, 0.15) is 5.78 Å². The van der Waals surface area contributed by atoms with Crippen LogP contribution >= 0.6 is 0 Å². The Balaban J connectivity index is 1.52. The SMILES string of the molecule is C[C@]12CC[C@H]3[C@@H](CC[C@]45CC(=O)CC[C@]34[C@H]5O)[C@@H]1CC[C@@H]2O. The van der Waals surface area contributed by atoms with Gasteiger partial charge in [-0.05, 0) is 68.1 Å². The molecule has 0 aromatic carbocycles. The van der Waals surface area contributed by atoms with Crippen LogP contribution in [0.15, 0.2) is 0 Å². The van der Waals surface area contributed by atoms with Crippen molar-refractivity contribution in [3.63, 3.8) is 0 Å². The Morgan fingerprint density at radius 3 is 2.64 bits per heavy atom. The molecule has 5 aliphatic carbocycles. The number of fused-ring (bicyclic) bond motifs is 3. The van der Waals surface area contributed by atoms with Gasteiger partial charge in [-0.2, -0.15) is 0 Å². The molecule has 5 saturated carbocycles. The van der Waals surface area contributed by atoms with Gasteiger partial charge >= 0.3 is 0 Å². The van der Waals surface area contributed by atoms with Gasteiger partial charge in [-0.15, -0.1) is 0 Å². The van der Waals surface area contributed by atoms with Crippen molar-refractivity contribution in [1.82, 2.24) is 0 Å². The molecule has 3 nitrogen and oxygen atoms in total. The van der Waals surface area contributed by atoms with E-state index in [-0.39, 0.29) is 28.5 Å². The third-order valence-electron chi connectivity index (χ3n) is 9.16. The maximum atomic E-state index is 12.0. The number of hydrogen-bond donors (Lipinski definition) is 2. The van der Waals surface area contributed by atoms with Crippen molar-refractivity contribution in [2.45, 2.75) is 76.9 Å². The summed E-state index contributed by atoms with van der Waals surface area (Å²) in [5.41, 5.74) is 0.134. The topological polar surface area (TPSA) is 57.5 Å². The summed E-state index contributed by atoms with van der Waals surface area (Å²) in [6, 6.07) is 0. The lowest BCUT2D eigenvalue weighted by Gasteiger charge is -2.54. The van der Waals surface area contributed by atoms with Crippen LogP contribution in [-0.2, 0) is 4.79 Å². The van der Waals surface area contributed by atoms with E-state index in [2.05, 4.69) is 6.92 Å². The maximum Gasteiger partial charge on any atom is 0.133 e. The minimum absolute atomic E-state index is 0.0472. The van der Waals surface area contributed by atoms with E-state index in [1.165, 1.54) is 6.42 Å². The second-order valence-corrected chi connectivity index (χ2v) is 9.37. The first kappa shape index (κ1) is 14.0. The molecular weight excluding hydrogens is 276 g/mol. The molecule has 0 amide bonds. The van der Waals surface area contributed by atoms with Gasteiger partial charge in [-0.3, -0.25) is 4.79 Å². The zero-order chi connectivity index (χ0) is 15.3. The average molecular weight is 304 g/mol. The molecule has 0 radical (unpaired) electrons. The quantitative estimate of drug-likeness (QED) is 0.723. The highest BCUT2D eigenvalue weighted by Crippen LogP contribution is 2.82. The van der Waals surface area contributed by atoms with Gasteiger partial charge in [-0.25, -0.2) is 0 Å². The van der Waals surface area contributed by atoms with Crippen LogP contribution in [0.5, 0.6) is 0 Å². The van der Waals surface area contributed by atoms with Gasteiger partial charge in [0.2, 0.25) is 0 Å². The number of ketones is 1. The van der Waals surface area contributed by atoms with E-state index < -0.39 is 0 Å². The van der Waals surface area contributed by atoms with Gasteiger partial charge in [0.25, 0.3) is 0 Å². The van der Waals surface area contributed by atoms with Gasteiger partial charge in [0.15, 0.2) is 0 Å². The number of rotatable bonds is 0. The molecule has 0 aromatic heterocycles. The fourth-order valence-corrected chi connectivity index (χ4v) is 8.04. The predicted molar refractivity (Wildman–Crippen MR) is 82.0 cm³/mol. The van der Waals surface area contributed by atoms with Crippen LogP contribution in [-0.4, -0.2) is 28.2 Å². The highest BCUT2D eigenvalue weighted by atomic mass is 16.3. The zero-order valence-electron chi connectivity index (χ0n) is 13.6. The molecule has 0 spiro atoms. The summed E-state index contributed by atoms with van der Waals surface area (Å²) in [7, 11) is 0. The first-order chi connectivity index (χ1) is 10.5. The number of carbonyl (C=O) groups is 1. The van der Waals surface area contributed by atoms with Crippen molar-refractivity contribution >= 4 is 5.78 Å². The molecule has 3 heteroatoms. The second-order valence-electron chi connectivity index (χ2n) is 9.37. The van der Waals surface area contributed by atoms with Crippen molar-refractivity contribution in [2.24, 2.45) is 34.0 Å². The van der Waals surface area contributed by atoms with Crippen molar-refractivity contribution in [3.05, 3.63) is 0 Å². The fraction of sp³-hybridized carbons (Fsp3) is 0.947. The number of carbonyl (C=O) groups excluding carboxylic acids is 1. The number of Topliss-reactive ketones (excluding diaryl/α,β-unsaturated/α-hetero) is 1. The smallest absolute Gasteiger partial charge is 0.133 e. The summed E-state index contributed by atoms with van der Waals surface area (Å²) in [6.45, 7) is 2.30. The Labute approximate surface area is 132 Å². The van der Waals surface area contributed by atoms with E-state index in [0.29, 0.717) is 36.4 Å². The van der Waals surface area contributed by atoms with Crippen molar-refractivity contribution in [3.8, 4) is 0 Å². The predicted octanol–water partition coefficient (Wildman–Crippen LogP) is 2.68. The third-order valence-corrected chi connectivity index (χ3v) is 9.16. The normalized spacial score (nSPS) is 62.7. The van der Waals surface area contributed by atoms with Crippen LogP contribution in [0.2, 0.25) is 0 Å². The lowest BCUT2D eigenvalue weighted by Crippen LogP contribution is -2.49. The molecule has 8 atom stereocenters. The highest BCUT2D eigenvalue weighted by Gasteiger charge is 2.82. The van der Waals surface area contributed by atoms with Gasteiger partial charge in [0.05, 0.1) is 12.2 Å². The largest absolute Gasteiger partial charge is 0.393 e. The Kier molecular flexibility index (Phi) is 2.52. The Morgan fingerprint density at radius 1 is 1.00 bits per heavy atom. The fourth-order valence-electron chi connectivity index (χ4n) is 8.04. The first-order valence-corrected chi connectivity index (χ1v) is 9.33. The molecule has 0 aliphatic heterocycles. The number of aliphatic hydroxyl groups is 2. The minimum atomic E-state index is -0.225. The minimum Gasteiger partial charge on any atom is -0.393 e. The van der Waals surface area contributed by atoms with Crippen molar-refractivity contribution in [1.29, 1.82) is 0 Å². The average Bonchev–Trinajstić information content (AvgIpc) is 2.89. The molecule has 5 aliphatic rings. The molecule has 0 saturated heterocycles. The highest BCUT2D eigenvalue weighted by molar-refractivity contribution is 5.82. The summed E-state index contributed by atoms with van der Waals surface area (Å²) in [5, 5.41) is 21.4. The Morgan fingerprint density at radius 2 is 1.82 bits per heavy atom. The van der Waals surface area contributed by atoms with E-state index in [0.717, 1.165) is 38.5 Å². The van der Waals surface area contributed by atoms with Gasteiger partial charge < -0.3 is 10.2 Å². The van der Waals surface area contributed by atoms with E-state index >= 15 is 0 Å². The van der Waals surface area contributed by atoms with E-state index in [9.17, 15) is 15.0 Å².